The van der Waals surface area contributed by atoms with E-state index in [1.54, 1.807) is 26.0 Å². The number of carbonyl (C=O) groups excluding carboxylic acids is 1. The van der Waals surface area contributed by atoms with Crippen LogP contribution in [-0.2, 0) is 6.42 Å². The summed E-state index contributed by atoms with van der Waals surface area (Å²) in [6, 6.07) is 12.8. The zero-order chi connectivity index (χ0) is 23.7. The number of hydrogen-bond donors (Lipinski definition) is 1. The van der Waals surface area contributed by atoms with Crippen LogP contribution in [0, 0.1) is 19.7 Å². The SMILES string of the molecule is Cc1noc(C)c1C(=O)NC1CCC(Oc2ccc3c(c2)CCC(c2ccccc2F)O3)CC1. The molecule has 1 unspecified atom stereocenters. The maximum atomic E-state index is 14.1. The molecule has 1 aliphatic carbocycles. The largest absolute Gasteiger partial charge is 0.490 e. The molecule has 3 aromatic rings. The highest BCUT2D eigenvalue weighted by Crippen LogP contribution is 2.38. The predicted octanol–water partition coefficient (Wildman–Crippen LogP) is 5.62. The molecule has 1 N–H and O–H groups in total. The molecule has 0 spiro atoms. The molecule has 1 fully saturated rings. The molecule has 0 radical (unpaired) electrons. The van der Waals surface area contributed by atoms with Crippen LogP contribution in [0.25, 0.3) is 0 Å². The first kappa shape index (κ1) is 22.4. The van der Waals surface area contributed by atoms with Crippen molar-refractivity contribution in [3.8, 4) is 11.5 Å². The topological polar surface area (TPSA) is 73.6 Å². The van der Waals surface area contributed by atoms with Crippen LogP contribution in [0.4, 0.5) is 4.39 Å². The van der Waals surface area contributed by atoms with Crippen LogP contribution in [0.2, 0.25) is 0 Å². The second kappa shape index (κ2) is 9.49. The van der Waals surface area contributed by atoms with Crippen molar-refractivity contribution in [2.24, 2.45) is 0 Å². The first-order valence-electron chi connectivity index (χ1n) is 11.9. The molecule has 34 heavy (non-hydrogen) atoms. The third-order valence-corrected chi connectivity index (χ3v) is 6.80. The maximum absolute atomic E-state index is 14.1. The molecule has 178 valence electrons. The third kappa shape index (κ3) is 4.65. The van der Waals surface area contributed by atoms with Gasteiger partial charge >= 0.3 is 0 Å². The van der Waals surface area contributed by atoms with Crippen molar-refractivity contribution in [1.82, 2.24) is 10.5 Å². The van der Waals surface area contributed by atoms with Gasteiger partial charge in [0, 0.05) is 11.6 Å². The van der Waals surface area contributed by atoms with Crippen LogP contribution in [0.1, 0.15) is 71.1 Å². The Morgan fingerprint density at radius 1 is 1.09 bits per heavy atom. The molecule has 0 saturated heterocycles. The number of carbonyl (C=O) groups is 1. The minimum Gasteiger partial charge on any atom is -0.490 e. The van der Waals surface area contributed by atoms with E-state index >= 15 is 0 Å². The summed E-state index contributed by atoms with van der Waals surface area (Å²) in [6.45, 7) is 3.53. The summed E-state index contributed by atoms with van der Waals surface area (Å²) in [5, 5.41) is 6.97. The summed E-state index contributed by atoms with van der Waals surface area (Å²) >= 11 is 0. The van der Waals surface area contributed by atoms with Crippen molar-refractivity contribution in [2.75, 3.05) is 0 Å². The molecule has 5 rings (SSSR count). The van der Waals surface area contributed by atoms with E-state index in [1.807, 2.05) is 24.3 Å². The zero-order valence-electron chi connectivity index (χ0n) is 19.5. The van der Waals surface area contributed by atoms with Gasteiger partial charge in [-0.25, -0.2) is 4.39 Å². The fourth-order valence-electron chi connectivity index (χ4n) is 4.98. The van der Waals surface area contributed by atoms with E-state index < -0.39 is 0 Å². The van der Waals surface area contributed by atoms with Crippen LogP contribution in [0.3, 0.4) is 0 Å². The Morgan fingerprint density at radius 3 is 2.62 bits per heavy atom. The van der Waals surface area contributed by atoms with Crippen LogP contribution >= 0.6 is 0 Å². The molecule has 1 amide bonds. The van der Waals surface area contributed by atoms with E-state index in [1.165, 1.54) is 6.07 Å². The Hall–Kier alpha value is -3.35. The molecule has 1 aromatic heterocycles. The van der Waals surface area contributed by atoms with E-state index in [0.29, 0.717) is 22.6 Å². The van der Waals surface area contributed by atoms with Crippen molar-refractivity contribution in [1.29, 1.82) is 0 Å². The Bertz CT molecular complexity index is 1160. The second-order valence-corrected chi connectivity index (χ2v) is 9.20. The van der Waals surface area contributed by atoms with Crippen molar-refractivity contribution in [2.45, 2.75) is 70.6 Å². The first-order chi connectivity index (χ1) is 16.5. The van der Waals surface area contributed by atoms with Crippen LogP contribution in [-0.4, -0.2) is 23.2 Å². The van der Waals surface area contributed by atoms with E-state index in [2.05, 4.69) is 10.5 Å². The van der Waals surface area contributed by atoms with E-state index in [4.69, 9.17) is 14.0 Å². The van der Waals surface area contributed by atoms with Crippen LogP contribution < -0.4 is 14.8 Å². The highest BCUT2D eigenvalue weighted by atomic mass is 19.1. The van der Waals surface area contributed by atoms with Gasteiger partial charge in [0.25, 0.3) is 5.91 Å². The summed E-state index contributed by atoms with van der Waals surface area (Å²) in [6.07, 6.45) is 4.85. The van der Waals surface area contributed by atoms with E-state index in [0.717, 1.165) is 55.6 Å². The molecule has 6 nitrogen and oxygen atoms in total. The number of benzene rings is 2. The number of aromatic nitrogens is 1. The lowest BCUT2D eigenvalue weighted by Crippen LogP contribution is -2.40. The van der Waals surface area contributed by atoms with Gasteiger partial charge in [-0.05, 0) is 82.2 Å². The molecular formula is C27H29FN2O4. The van der Waals surface area contributed by atoms with E-state index in [9.17, 15) is 9.18 Å². The summed E-state index contributed by atoms with van der Waals surface area (Å²) in [7, 11) is 0. The smallest absolute Gasteiger partial charge is 0.257 e. The van der Waals surface area contributed by atoms with Gasteiger partial charge < -0.3 is 19.3 Å². The van der Waals surface area contributed by atoms with Gasteiger partial charge in [-0.15, -0.1) is 0 Å². The summed E-state index contributed by atoms with van der Waals surface area (Å²) < 4.78 is 31.6. The molecule has 2 aliphatic rings. The van der Waals surface area contributed by atoms with Gasteiger partial charge in [0.05, 0.1) is 11.8 Å². The zero-order valence-corrected chi connectivity index (χ0v) is 19.5. The average molecular weight is 465 g/mol. The number of rotatable bonds is 5. The molecule has 1 aliphatic heterocycles. The predicted molar refractivity (Wildman–Crippen MR) is 125 cm³/mol. The molecule has 2 heterocycles. The maximum Gasteiger partial charge on any atom is 0.257 e. The fraction of sp³-hybridized carbons (Fsp3) is 0.407. The Morgan fingerprint density at radius 2 is 1.88 bits per heavy atom. The number of ether oxygens (including phenoxy) is 2. The summed E-state index contributed by atoms with van der Waals surface area (Å²) in [5.41, 5.74) is 2.84. The third-order valence-electron chi connectivity index (χ3n) is 6.80. The number of halogens is 1. The normalized spacial score (nSPS) is 21.9. The summed E-state index contributed by atoms with van der Waals surface area (Å²) in [5.74, 6) is 1.81. The Labute approximate surface area is 198 Å². The fourth-order valence-corrected chi connectivity index (χ4v) is 4.98. The number of aryl methyl sites for hydroxylation is 3. The van der Waals surface area contributed by atoms with Gasteiger partial charge in [0.15, 0.2) is 0 Å². The average Bonchev–Trinajstić information content (AvgIpc) is 3.18. The molecule has 0 bridgehead atoms. The van der Waals surface area contributed by atoms with Crippen molar-refractivity contribution in [3.05, 3.63) is 76.4 Å². The van der Waals surface area contributed by atoms with Gasteiger partial charge in [0.1, 0.15) is 34.7 Å². The molecular weight excluding hydrogens is 435 g/mol. The minimum absolute atomic E-state index is 0.112. The lowest BCUT2D eigenvalue weighted by Gasteiger charge is -2.30. The highest BCUT2D eigenvalue weighted by Gasteiger charge is 2.27. The van der Waals surface area contributed by atoms with Gasteiger partial charge in [-0.2, -0.15) is 0 Å². The Kier molecular flexibility index (Phi) is 6.26. The lowest BCUT2D eigenvalue weighted by atomic mass is 9.92. The number of nitrogens with zero attached hydrogens (tertiary/aromatic N) is 1. The van der Waals surface area contributed by atoms with Crippen molar-refractivity contribution < 1.29 is 23.2 Å². The summed E-state index contributed by atoms with van der Waals surface area (Å²) in [4.78, 5) is 12.6. The lowest BCUT2D eigenvalue weighted by molar-refractivity contribution is 0.0891. The molecule has 1 atom stereocenters. The minimum atomic E-state index is -0.267. The van der Waals surface area contributed by atoms with Gasteiger partial charge in [-0.1, -0.05) is 23.4 Å². The van der Waals surface area contributed by atoms with Crippen molar-refractivity contribution >= 4 is 5.91 Å². The van der Waals surface area contributed by atoms with Crippen molar-refractivity contribution in [3.63, 3.8) is 0 Å². The highest BCUT2D eigenvalue weighted by molar-refractivity contribution is 5.96. The van der Waals surface area contributed by atoms with Crippen LogP contribution in [0.5, 0.6) is 11.5 Å². The number of amides is 1. The second-order valence-electron chi connectivity index (χ2n) is 9.20. The number of hydrogen-bond acceptors (Lipinski definition) is 5. The number of fused-ring (bicyclic) bond motifs is 1. The van der Waals surface area contributed by atoms with Gasteiger partial charge in [-0.3, -0.25) is 4.79 Å². The molecule has 7 heteroatoms. The van der Waals surface area contributed by atoms with E-state index in [-0.39, 0.29) is 30.0 Å². The molecule has 2 aromatic carbocycles. The first-order valence-corrected chi connectivity index (χ1v) is 11.9. The van der Waals surface area contributed by atoms with Gasteiger partial charge in [0.2, 0.25) is 0 Å². The number of nitrogens with one attached hydrogen (secondary N) is 1. The van der Waals surface area contributed by atoms with Crippen LogP contribution in [0.15, 0.2) is 47.0 Å². The molecule has 1 saturated carbocycles. The monoisotopic (exact) mass is 464 g/mol. The Balaban J connectivity index is 1.15. The quantitative estimate of drug-likeness (QED) is 0.531. The standard InChI is InChI=1S/C27H29FN2O4/c1-16-26(17(2)34-30-16)27(31)29-19-8-10-20(11-9-19)32-21-12-14-24-18(15-21)7-13-25(33-24)22-5-3-4-6-23(22)28/h3-6,12,14-15,19-20,25H,7-11,13H2,1-2H3,(H,29,31).